The number of amides is 1. The van der Waals surface area contributed by atoms with Crippen molar-refractivity contribution in [3.05, 3.63) is 30.3 Å². The quantitative estimate of drug-likeness (QED) is 0.899. The fraction of sp³-hybridized carbons (Fsp3) is 0.533. The summed E-state index contributed by atoms with van der Waals surface area (Å²) in [5.41, 5.74) is 0. The number of likely N-dealkylation sites (tertiary alicyclic amines) is 1. The summed E-state index contributed by atoms with van der Waals surface area (Å²) in [5, 5.41) is 9.20. The minimum Gasteiger partial charge on any atom is -0.481 e. The molecule has 0 bridgehead atoms. The number of hydrogen-bond donors (Lipinski definition) is 1. The van der Waals surface area contributed by atoms with Crippen molar-refractivity contribution in [3.63, 3.8) is 0 Å². The number of piperidine rings is 1. The van der Waals surface area contributed by atoms with Crippen LogP contribution >= 0.6 is 0 Å². The molecule has 1 aliphatic heterocycles. The molecule has 1 saturated heterocycles. The summed E-state index contributed by atoms with van der Waals surface area (Å²) in [7, 11) is 0. The van der Waals surface area contributed by atoms with Gasteiger partial charge >= 0.3 is 0 Å². The highest BCUT2D eigenvalue weighted by Gasteiger charge is 2.27. The van der Waals surface area contributed by atoms with E-state index in [1.165, 1.54) is 0 Å². The van der Waals surface area contributed by atoms with Crippen LogP contribution in [0, 0.1) is 5.92 Å². The van der Waals surface area contributed by atoms with Crippen LogP contribution in [0.4, 0.5) is 0 Å². The summed E-state index contributed by atoms with van der Waals surface area (Å²) >= 11 is 0. The molecule has 104 valence electrons. The summed E-state index contributed by atoms with van der Waals surface area (Å²) in [5.74, 6) is 0.919. The predicted molar refractivity (Wildman–Crippen MR) is 72.9 cm³/mol. The Bertz CT molecular complexity index is 407. The molecule has 1 aromatic carbocycles. The number of aliphatic hydroxyl groups is 1. The zero-order chi connectivity index (χ0) is 13.7. The number of benzene rings is 1. The van der Waals surface area contributed by atoms with Crippen molar-refractivity contribution in [1.29, 1.82) is 0 Å². The maximum Gasteiger partial charge on any atom is 0.263 e. The van der Waals surface area contributed by atoms with Gasteiger partial charge in [-0.1, -0.05) is 18.2 Å². The van der Waals surface area contributed by atoms with Crippen molar-refractivity contribution in [3.8, 4) is 5.75 Å². The highest BCUT2D eigenvalue weighted by atomic mass is 16.5. The second-order valence-electron chi connectivity index (χ2n) is 5.05. The standard InChI is InChI=1S/C15H21NO3/c1-12(19-14-7-3-2-4-8-14)15(18)16-9-5-6-13(10-16)11-17/h2-4,7-8,12-13,17H,5-6,9-11H2,1H3. The fourth-order valence-electron chi connectivity index (χ4n) is 2.42. The molecule has 0 radical (unpaired) electrons. The third-order valence-corrected chi connectivity index (χ3v) is 3.49. The van der Waals surface area contributed by atoms with E-state index in [2.05, 4.69) is 0 Å². The Hall–Kier alpha value is -1.55. The lowest BCUT2D eigenvalue weighted by Gasteiger charge is -2.33. The van der Waals surface area contributed by atoms with Gasteiger partial charge in [0.25, 0.3) is 5.91 Å². The summed E-state index contributed by atoms with van der Waals surface area (Å²) in [6.07, 6.45) is 1.46. The molecule has 1 aliphatic rings. The Morgan fingerprint density at radius 1 is 1.47 bits per heavy atom. The summed E-state index contributed by atoms with van der Waals surface area (Å²) in [4.78, 5) is 14.1. The topological polar surface area (TPSA) is 49.8 Å². The largest absolute Gasteiger partial charge is 0.481 e. The molecule has 0 aromatic heterocycles. The Balaban J connectivity index is 1.91. The molecule has 2 unspecified atom stereocenters. The number of nitrogens with zero attached hydrogens (tertiary/aromatic N) is 1. The van der Waals surface area contributed by atoms with Gasteiger partial charge in [-0.25, -0.2) is 0 Å². The number of para-hydroxylation sites is 1. The molecular formula is C15H21NO3. The molecule has 19 heavy (non-hydrogen) atoms. The smallest absolute Gasteiger partial charge is 0.263 e. The number of carbonyl (C=O) groups excluding carboxylic acids is 1. The van der Waals surface area contributed by atoms with Gasteiger partial charge in [-0.3, -0.25) is 4.79 Å². The first-order valence-electron chi connectivity index (χ1n) is 6.82. The minimum atomic E-state index is -0.486. The molecule has 1 aromatic rings. The van der Waals surface area contributed by atoms with E-state index in [1.54, 1.807) is 11.8 Å². The van der Waals surface area contributed by atoms with Gasteiger partial charge in [0.2, 0.25) is 0 Å². The zero-order valence-corrected chi connectivity index (χ0v) is 11.3. The van der Waals surface area contributed by atoms with Crippen LogP contribution in [-0.4, -0.2) is 41.7 Å². The second kappa shape index (κ2) is 6.57. The van der Waals surface area contributed by atoms with Crippen LogP contribution in [0.2, 0.25) is 0 Å². The molecule has 1 amide bonds. The number of carbonyl (C=O) groups is 1. The average Bonchev–Trinajstić information content (AvgIpc) is 2.47. The van der Waals surface area contributed by atoms with Crippen LogP contribution in [0.5, 0.6) is 5.75 Å². The highest BCUT2D eigenvalue weighted by molar-refractivity contribution is 5.81. The molecule has 1 N–H and O–H groups in total. The van der Waals surface area contributed by atoms with E-state index in [1.807, 2.05) is 30.3 Å². The highest BCUT2D eigenvalue weighted by Crippen LogP contribution is 2.18. The lowest BCUT2D eigenvalue weighted by atomic mass is 9.99. The van der Waals surface area contributed by atoms with Crippen molar-refractivity contribution in [2.45, 2.75) is 25.9 Å². The third-order valence-electron chi connectivity index (χ3n) is 3.49. The summed E-state index contributed by atoms with van der Waals surface area (Å²) in [6, 6.07) is 9.37. The van der Waals surface area contributed by atoms with Crippen LogP contribution in [-0.2, 0) is 4.79 Å². The maximum absolute atomic E-state index is 12.3. The number of ether oxygens (including phenoxy) is 1. The Morgan fingerprint density at radius 2 is 2.21 bits per heavy atom. The molecule has 0 saturated carbocycles. The van der Waals surface area contributed by atoms with Gasteiger partial charge in [-0.05, 0) is 37.8 Å². The van der Waals surface area contributed by atoms with Gasteiger partial charge in [0, 0.05) is 19.7 Å². The lowest BCUT2D eigenvalue weighted by Crippen LogP contribution is -2.46. The van der Waals surface area contributed by atoms with Crippen molar-refractivity contribution in [2.24, 2.45) is 5.92 Å². The molecule has 2 atom stereocenters. The van der Waals surface area contributed by atoms with Crippen LogP contribution in [0.3, 0.4) is 0 Å². The number of hydrogen-bond acceptors (Lipinski definition) is 3. The van der Waals surface area contributed by atoms with Gasteiger partial charge in [0.1, 0.15) is 5.75 Å². The van der Waals surface area contributed by atoms with Crippen molar-refractivity contribution in [1.82, 2.24) is 4.90 Å². The molecule has 0 aliphatic carbocycles. The SMILES string of the molecule is CC(Oc1ccccc1)C(=O)N1CCCC(CO)C1. The van der Waals surface area contributed by atoms with E-state index in [0.717, 1.165) is 19.4 Å². The van der Waals surface area contributed by atoms with Crippen molar-refractivity contribution in [2.75, 3.05) is 19.7 Å². The normalized spacial score (nSPS) is 20.9. The zero-order valence-electron chi connectivity index (χ0n) is 11.3. The first-order valence-corrected chi connectivity index (χ1v) is 6.82. The van der Waals surface area contributed by atoms with E-state index in [-0.39, 0.29) is 18.4 Å². The van der Waals surface area contributed by atoms with Crippen molar-refractivity contribution >= 4 is 5.91 Å². The van der Waals surface area contributed by atoms with Gasteiger partial charge < -0.3 is 14.7 Å². The van der Waals surface area contributed by atoms with Gasteiger partial charge in [-0.15, -0.1) is 0 Å². The van der Waals surface area contributed by atoms with E-state index in [4.69, 9.17) is 4.74 Å². The maximum atomic E-state index is 12.3. The summed E-state index contributed by atoms with van der Waals surface area (Å²) in [6.45, 7) is 3.32. The first-order chi connectivity index (χ1) is 9.20. The van der Waals surface area contributed by atoms with Gasteiger partial charge in [0.15, 0.2) is 6.10 Å². The fourth-order valence-corrected chi connectivity index (χ4v) is 2.42. The van der Waals surface area contributed by atoms with E-state index in [9.17, 15) is 9.90 Å². The third kappa shape index (κ3) is 3.70. The van der Waals surface area contributed by atoms with Crippen LogP contribution in [0.1, 0.15) is 19.8 Å². The Kier molecular flexibility index (Phi) is 4.80. The number of rotatable bonds is 4. The molecule has 4 nitrogen and oxygen atoms in total. The van der Waals surface area contributed by atoms with E-state index >= 15 is 0 Å². The number of aliphatic hydroxyl groups excluding tert-OH is 1. The monoisotopic (exact) mass is 263 g/mol. The van der Waals surface area contributed by atoms with Gasteiger partial charge in [0.05, 0.1) is 0 Å². The molecular weight excluding hydrogens is 242 g/mol. The second-order valence-corrected chi connectivity index (χ2v) is 5.05. The first kappa shape index (κ1) is 13.9. The predicted octanol–water partition coefficient (Wildman–Crippen LogP) is 1.68. The van der Waals surface area contributed by atoms with Crippen LogP contribution in [0.15, 0.2) is 30.3 Å². The Labute approximate surface area is 114 Å². The lowest BCUT2D eigenvalue weighted by molar-refractivity contribution is -0.140. The van der Waals surface area contributed by atoms with Gasteiger partial charge in [-0.2, -0.15) is 0 Å². The minimum absolute atomic E-state index is 0.00185. The Morgan fingerprint density at radius 3 is 2.89 bits per heavy atom. The average molecular weight is 263 g/mol. The van der Waals surface area contributed by atoms with Crippen LogP contribution in [0.25, 0.3) is 0 Å². The van der Waals surface area contributed by atoms with Crippen molar-refractivity contribution < 1.29 is 14.6 Å². The summed E-state index contributed by atoms with van der Waals surface area (Å²) < 4.78 is 5.64. The molecule has 2 rings (SSSR count). The molecule has 0 spiro atoms. The van der Waals surface area contributed by atoms with Crippen LogP contribution < -0.4 is 4.74 Å². The van der Waals surface area contributed by atoms with E-state index < -0.39 is 6.10 Å². The molecule has 1 fully saturated rings. The molecule has 1 heterocycles. The van der Waals surface area contributed by atoms with E-state index in [0.29, 0.717) is 12.3 Å². The molecule has 4 heteroatoms.